The van der Waals surface area contributed by atoms with E-state index in [0.29, 0.717) is 5.56 Å². The average Bonchev–Trinajstić information content (AvgIpc) is 2.89. The zero-order chi connectivity index (χ0) is 28.3. The molecule has 2 unspecified atom stereocenters. The minimum atomic E-state index is -1.28. The van der Waals surface area contributed by atoms with Crippen LogP contribution < -0.4 is 10.6 Å². The second-order valence-corrected chi connectivity index (χ2v) is 9.52. The molecule has 2 aromatic rings. The summed E-state index contributed by atoms with van der Waals surface area (Å²) in [6.45, 7) is 6.69. The highest BCUT2D eigenvalue weighted by Crippen LogP contribution is 2.23. The Morgan fingerprint density at radius 3 is 2.16 bits per heavy atom. The molecule has 0 aliphatic rings. The summed E-state index contributed by atoms with van der Waals surface area (Å²) in [6, 6.07) is 16.0. The van der Waals surface area contributed by atoms with Crippen molar-refractivity contribution >= 4 is 23.9 Å². The van der Waals surface area contributed by atoms with Gasteiger partial charge in [0, 0.05) is 12.5 Å². The molecule has 0 fully saturated rings. The molecule has 0 saturated heterocycles. The number of rotatable bonds is 10. The SMILES string of the molecule is C#CN(C(=O)C(Cc1ccccc1)NC(=O)OC(C)(C)C)C(C(=O)NCC(=O)OC)c1ccc(CC)cc1. The second-order valence-electron chi connectivity index (χ2n) is 9.52. The summed E-state index contributed by atoms with van der Waals surface area (Å²) in [7, 11) is 1.20. The van der Waals surface area contributed by atoms with Crippen LogP contribution in [0.25, 0.3) is 0 Å². The Hall–Kier alpha value is -4.32. The normalized spacial score (nSPS) is 12.3. The number of carbonyl (C=O) groups excluding carboxylic acids is 4. The molecule has 2 rings (SSSR count). The number of benzene rings is 2. The number of alkyl carbamates (subject to hydrolysis) is 1. The third kappa shape index (κ3) is 8.96. The lowest BCUT2D eigenvalue weighted by molar-refractivity contribution is -0.142. The van der Waals surface area contributed by atoms with E-state index in [0.717, 1.165) is 22.4 Å². The van der Waals surface area contributed by atoms with Gasteiger partial charge in [0.1, 0.15) is 24.2 Å². The number of aryl methyl sites for hydroxylation is 1. The fraction of sp³-hybridized carbons (Fsp3) is 0.379. The van der Waals surface area contributed by atoms with Gasteiger partial charge in [-0.3, -0.25) is 19.3 Å². The molecule has 0 heterocycles. The van der Waals surface area contributed by atoms with Crippen molar-refractivity contribution in [2.75, 3.05) is 13.7 Å². The lowest BCUT2D eigenvalue weighted by Gasteiger charge is -2.30. The Balaban J connectivity index is 2.46. The summed E-state index contributed by atoms with van der Waals surface area (Å²) in [5.74, 6) is -2.03. The predicted molar refractivity (Wildman–Crippen MR) is 143 cm³/mol. The molecule has 2 N–H and O–H groups in total. The van der Waals surface area contributed by atoms with Gasteiger partial charge in [-0.25, -0.2) is 4.79 Å². The lowest BCUT2D eigenvalue weighted by Crippen LogP contribution is -2.52. The van der Waals surface area contributed by atoms with E-state index >= 15 is 0 Å². The van der Waals surface area contributed by atoms with Crippen LogP contribution in [0.1, 0.15) is 50.4 Å². The highest BCUT2D eigenvalue weighted by Gasteiger charge is 2.36. The minimum Gasteiger partial charge on any atom is -0.468 e. The molecule has 202 valence electrons. The van der Waals surface area contributed by atoms with Crippen LogP contribution in [0.4, 0.5) is 4.79 Å². The molecule has 3 amide bonds. The molecule has 0 saturated carbocycles. The summed E-state index contributed by atoms with van der Waals surface area (Å²) < 4.78 is 9.96. The van der Waals surface area contributed by atoms with Crippen LogP contribution in [0.5, 0.6) is 0 Å². The van der Waals surface area contributed by atoms with Gasteiger partial charge in [-0.1, -0.05) is 67.9 Å². The number of hydrogen-bond acceptors (Lipinski definition) is 6. The zero-order valence-electron chi connectivity index (χ0n) is 22.4. The Labute approximate surface area is 223 Å². The van der Waals surface area contributed by atoms with Gasteiger partial charge in [-0.2, -0.15) is 0 Å². The van der Waals surface area contributed by atoms with E-state index < -0.39 is 48.1 Å². The molecule has 0 spiro atoms. The van der Waals surface area contributed by atoms with Gasteiger partial charge < -0.3 is 20.1 Å². The van der Waals surface area contributed by atoms with Crippen molar-refractivity contribution in [3.63, 3.8) is 0 Å². The molecule has 2 aromatic carbocycles. The van der Waals surface area contributed by atoms with Crippen molar-refractivity contribution in [2.45, 2.75) is 58.2 Å². The van der Waals surface area contributed by atoms with Crippen LogP contribution in [0, 0.1) is 12.5 Å². The van der Waals surface area contributed by atoms with Crippen LogP contribution in [0.15, 0.2) is 54.6 Å². The molecular weight excluding hydrogens is 486 g/mol. The number of nitrogens with zero attached hydrogens (tertiary/aromatic N) is 1. The number of ether oxygens (including phenoxy) is 2. The predicted octanol–water partition coefficient (Wildman–Crippen LogP) is 3.13. The summed E-state index contributed by atoms with van der Waals surface area (Å²) in [5, 5.41) is 5.08. The molecule has 9 heteroatoms. The van der Waals surface area contributed by atoms with E-state index in [-0.39, 0.29) is 6.42 Å². The number of hydrogen-bond donors (Lipinski definition) is 2. The first-order valence-electron chi connectivity index (χ1n) is 12.2. The van der Waals surface area contributed by atoms with E-state index in [1.54, 1.807) is 45.0 Å². The molecule has 0 aliphatic carbocycles. The Kier molecular flexibility index (Phi) is 10.9. The van der Waals surface area contributed by atoms with Crippen molar-refractivity contribution < 1.29 is 28.7 Å². The Morgan fingerprint density at radius 1 is 1.00 bits per heavy atom. The quantitative estimate of drug-likeness (QED) is 0.282. The molecule has 9 nitrogen and oxygen atoms in total. The summed E-state index contributed by atoms with van der Waals surface area (Å²) in [4.78, 5) is 52.4. The third-order valence-electron chi connectivity index (χ3n) is 5.49. The van der Waals surface area contributed by atoms with Crippen molar-refractivity contribution in [3.8, 4) is 12.5 Å². The largest absolute Gasteiger partial charge is 0.468 e. The van der Waals surface area contributed by atoms with Crippen molar-refractivity contribution in [3.05, 3.63) is 71.3 Å². The smallest absolute Gasteiger partial charge is 0.408 e. The Bertz CT molecular complexity index is 1150. The number of methoxy groups -OCH3 is 1. The van der Waals surface area contributed by atoms with Crippen molar-refractivity contribution in [2.24, 2.45) is 0 Å². The van der Waals surface area contributed by atoms with Gasteiger partial charge in [0.25, 0.3) is 5.91 Å². The van der Waals surface area contributed by atoms with Gasteiger partial charge in [0.2, 0.25) is 5.91 Å². The fourth-order valence-electron chi connectivity index (χ4n) is 3.61. The van der Waals surface area contributed by atoms with Crippen LogP contribution in [-0.2, 0) is 36.7 Å². The summed E-state index contributed by atoms with van der Waals surface area (Å²) >= 11 is 0. The number of esters is 1. The molecule has 38 heavy (non-hydrogen) atoms. The highest BCUT2D eigenvalue weighted by atomic mass is 16.6. The molecule has 0 aliphatic heterocycles. The molecular formula is C29H35N3O6. The van der Waals surface area contributed by atoms with Crippen LogP contribution in [0.3, 0.4) is 0 Å². The molecule has 2 atom stereocenters. The molecule has 0 radical (unpaired) electrons. The van der Waals surface area contributed by atoms with E-state index in [4.69, 9.17) is 11.2 Å². The molecule has 0 bridgehead atoms. The monoisotopic (exact) mass is 521 g/mol. The number of nitrogens with one attached hydrogen (secondary N) is 2. The first-order chi connectivity index (χ1) is 18.0. The fourth-order valence-corrected chi connectivity index (χ4v) is 3.61. The first kappa shape index (κ1) is 29.9. The van der Waals surface area contributed by atoms with Crippen LogP contribution in [-0.4, -0.2) is 54.1 Å². The number of terminal acetylenes is 1. The van der Waals surface area contributed by atoms with Gasteiger partial charge in [-0.15, -0.1) is 0 Å². The van der Waals surface area contributed by atoms with E-state index in [1.807, 2.05) is 37.3 Å². The van der Waals surface area contributed by atoms with Gasteiger partial charge in [-0.05, 0) is 43.9 Å². The number of amides is 3. The average molecular weight is 522 g/mol. The van der Waals surface area contributed by atoms with Gasteiger partial charge in [0.15, 0.2) is 0 Å². The summed E-state index contributed by atoms with van der Waals surface area (Å²) in [6.07, 6.45) is 5.86. The van der Waals surface area contributed by atoms with Crippen LogP contribution in [0.2, 0.25) is 0 Å². The molecule has 0 aromatic heterocycles. The second kappa shape index (κ2) is 13.8. The Morgan fingerprint density at radius 2 is 1.63 bits per heavy atom. The van der Waals surface area contributed by atoms with Crippen molar-refractivity contribution in [1.29, 1.82) is 0 Å². The maximum Gasteiger partial charge on any atom is 0.408 e. The first-order valence-corrected chi connectivity index (χ1v) is 12.2. The number of carbonyl (C=O) groups is 4. The van der Waals surface area contributed by atoms with E-state index in [2.05, 4.69) is 21.4 Å². The maximum absolute atomic E-state index is 13.9. The zero-order valence-corrected chi connectivity index (χ0v) is 22.4. The van der Waals surface area contributed by atoms with Crippen LogP contribution >= 0.6 is 0 Å². The van der Waals surface area contributed by atoms with Crippen molar-refractivity contribution in [1.82, 2.24) is 15.5 Å². The minimum absolute atomic E-state index is 0.0996. The standard InChI is InChI=1S/C29H35N3O6/c1-7-20-14-16-22(17-15-20)25(26(34)30-19-24(33)37-6)32(8-2)27(35)23(18-21-12-10-9-11-13-21)31-28(36)38-29(3,4)5/h2,9-17,23,25H,7,18-19H2,1,3-6H3,(H,30,34)(H,31,36). The topological polar surface area (TPSA) is 114 Å². The highest BCUT2D eigenvalue weighted by molar-refractivity contribution is 5.94. The van der Waals surface area contributed by atoms with Gasteiger partial charge in [0.05, 0.1) is 7.11 Å². The van der Waals surface area contributed by atoms with E-state index in [9.17, 15) is 19.2 Å². The lowest BCUT2D eigenvalue weighted by atomic mass is 9.99. The van der Waals surface area contributed by atoms with Gasteiger partial charge >= 0.3 is 12.1 Å². The maximum atomic E-state index is 13.9. The summed E-state index contributed by atoms with van der Waals surface area (Å²) in [5.41, 5.74) is 1.42. The third-order valence-corrected chi connectivity index (χ3v) is 5.49. The van der Waals surface area contributed by atoms with E-state index in [1.165, 1.54) is 7.11 Å².